The highest BCUT2D eigenvalue weighted by atomic mass is 35.5. The highest BCUT2D eigenvalue weighted by Crippen LogP contribution is 2.35. The number of rotatable bonds is 5. The van der Waals surface area contributed by atoms with Crippen molar-refractivity contribution in [2.24, 2.45) is 0 Å². The van der Waals surface area contributed by atoms with Gasteiger partial charge in [0.2, 0.25) is 5.91 Å². The van der Waals surface area contributed by atoms with E-state index in [0.29, 0.717) is 27.3 Å². The van der Waals surface area contributed by atoms with Crippen LogP contribution in [0.15, 0.2) is 53.6 Å². The number of fused-ring (bicyclic) bond motifs is 1. The molecule has 2 aromatic carbocycles. The topological polar surface area (TPSA) is 64.0 Å². The molecule has 0 fully saturated rings. The van der Waals surface area contributed by atoms with E-state index in [-0.39, 0.29) is 17.3 Å². The van der Waals surface area contributed by atoms with Crippen molar-refractivity contribution >= 4 is 44.7 Å². The zero-order chi connectivity index (χ0) is 23.0. The van der Waals surface area contributed by atoms with Crippen molar-refractivity contribution in [2.45, 2.75) is 33.2 Å². The smallest absolute Gasteiger partial charge is 0.263 e. The van der Waals surface area contributed by atoms with E-state index in [1.54, 1.807) is 24.3 Å². The summed E-state index contributed by atoms with van der Waals surface area (Å²) in [5.41, 5.74) is 2.62. The van der Waals surface area contributed by atoms with E-state index in [1.165, 1.54) is 34.4 Å². The van der Waals surface area contributed by atoms with Gasteiger partial charge in [0.1, 0.15) is 16.7 Å². The molecule has 1 unspecified atom stereocenters. The van der Waals surface area contributed by atoms with Gasteiger partial charge in [0.25, 0.3) is 5.56 Å². The van der Waals surface area contributed by atoms with Gasteiger partial charge < -0.3 is 5.32 Å². The Kier molecular flexibility index (Phi) is 6.13. The zero-order valence-electron chi connectivity index (χ0n) is 17.8. The van der Waals surface area contributed by atoms with Crippen LogP contribution in [0.2, 0.25) is 5.02 Å². The maximum Gasteiger partial charge on any atom is 0.263 e. The maximum absolute atomic E-state index is 13.5. The number of amides is 1. The van der Waals surface area contributed by atoms with Gasteiger partial charge in [0.15, 0.2) is 0 Å². The number of nitrogens with zero attached hydrogens (tertiary/aromatic N) is 2. The molecule has 0 radical (unpaired) electrons. The third kappa shape index (κ3) is 4.06. The molecule has 32 heavy (non-hydrogen) atoms. The molecule has 2 aromatic heterocycles. The summed E-state index contributed by atoms with van der Waals surface area (Å²) in [6.07, 6.45) is 1.82. The number of carbonyl (C=O) groups excluding carboxylic acids is 1. The fourth-order valence-electron chi connectivity index (χ4n) is 3.76. The first-order chi connectivity index (χ1) is 15.3. The van der Waals surface area contributed by atoms with Gasteiger partial charge in [-0.25, -0.2) is 9.37 Å². The Morgan fingerprint density at radius 3 is 2.62 bits per heavy atom. The SMILES string of the molecule is CCC(C(=O)Nc1cc(Cl)ccc1C)n1cnc2sc(C)c(-c3ccc(F)cc3)c2c1=O. The van der Waals surface area contributed by atoms with Crippen molar-refractivity contribution in [3.8, 4) is 11.1 Å². The summed E-state index contributed by atoms with van der Waals surface area (Å²) in [5, 5.41) is 3.83. The van der Waals surface area contributed by atoms with Crippen LogP contribution < -0.4 is 10.9 Å². The van der Waals surface area contributed by atoms with Crippen LogP contribution in [-0.4, -0.2) is 15.5 Å². The number of anilines is 1. The molecule has 1 amide bonds. The van der Waals surface area contributed by atoms with E-state index in [9.17, 15) is 14.0 Å². The van der Waals surface area contributed by atoms with Crippen molar-refractivity contribution < 1.29 is 9.18 Å². The predicted molar refractivity (Wildman–Crippen MR) is 128 cm³/mol. The number of carbonyl (C=O) groups is 1. The van der Waals surface area contributed by atoms with Crippen molar-refractivity contribution in [3.63, 3.8) is 0 Å². The van der Waals surface area contributed by atoms with Gasteiger partial charge in [0.05, 0.1) is 11.7 Å². The van der Waals surface area contributed by atoms with Gasteiger partial charge in [-0.15, -0.1) is 11.3 Å². The summed E-state index contributed by atoms with van der Waals surface area (Å²) >= 11 is 7.47. The second-order valence-corrected chi connectivity index (χ2v) is 9.19. The molecule has 1 N–H and O–H groups in total. The molecule has 0 aliphatic rings. The summed E-state index contributed by atoms with van der Waals surface area (Å²) in [6, 6.07) is 10.5. The summed E-state index contributed by atoms with van der Waals surface area (Å²) in [6.45, 7) is 5.61. The number of nitrogens with one attached hydrogen (secondary N) is 1. The molecule has 0 bridgehead atoms. The average Bonchev–Trinajstić information content (AvgIpc) is 3.10. The molecular weight excluding hydrogens is 449 g/mol. The number of aryl methyl sites for hydroxylation is 2. The normalized spacial score (nSPS) is 12.2. The molecule has 164 valence electrons. The summed E-state index contributed by atoms with van der Waals surface area (Å²) in [5.74, 6) is -0.670. The number of halogens is 2. The monoisotopic (exact) mass is 469 g/mol. The Balaban J connectivity index is 1.79. The molecule has 5 nitrogen and oxygen atoms in total. The third-order valence-electron chi connectivity index (χ3n) is 5.43. The van der Waals surface area contributed by atoms with Crippen LogP contribution in [0.3, 0.4) is 0 Å². The van der Waals surface area contributed by atoms with Crippen LogP contribution in [0.4, 0.5) is 10.1 Å². The van der Waals surface area contributed by atoms with E-state index in [1.807, 2.05) is 26.8 Å². The van der Waals surface area contributed by atoms with Gasteiger partial charge in [0, 0.05) is 21.2 Å². The molecule has 1 atom stereocenters. The average molecular weight is 470 g/mol. The highest BCUT2D eigenvalue weighted by molar-refractivity contribution is 7.19. The van der Waals surface area contributed by atoms with Crippen LogP contribution in [0.25, 0.3) is 21.3 Å². The highest BCUT2D eigenvalue weighted by Gasteiger charge is 2.24. The van der Waals surface area contributed by atoms with Gasteiger partial charge in [-0.3, -0.25) is 14.2 Å². The van der Waals surface area contributed by atoms with Crippen molar-refractivity contribution in [1.29, 1.82) is 0 Å². The van der Waals surface area contributed by atoms with Crippen molar-refractivity contribution in [3.05, 3.63) is 80.4 Å². The Morgan fingerprint density at radius 2 is 1.94 bits per heavy atom. The number of thiophene rings is 1. The lowest BCUT2D eigenvalue weighted by molar-refractivity contribution is -0.119. The Bertz CT molecular complexity index is 1380. The van der Waals surface area contributed by atoms with Gasteiger partial charge >= 0.3 is 0 Å². The van der Waals surface area contributed by atoms with Crippen LogP contribution >= 0.6 is 22.9 Å². The number of hydrogen-bond acceptors (Lipinski definition) is 4. The number of benzene rings is 2. The lowest BCUT2D eigenvalue weighted by atomic mass is 10.0. The number of aromatic nitrogens is 2. The fraction of sp³-hybridized carbons (Fsp3) is 0.208. The summed E-state index contributed by atoms with van der Waals surface area (Å²) in [7, 11) is 0. The van der Waals surface area contributed by atoms with E-state index >= 15 is 0 Å². The second kappa shape index (κ2) is 8.84. The maximum atomic E-state index is 13.5. The van der Waals surface area contributed by atoms with E-state index in [4.69, 9.17) is 11.6 Å². The van der Waals surface area contributed by atoms with E-state index < -0.39 is 6.04 Å². The van der Waals surface area contributed by atoms with E-state index in [0.717, 1.165) is 21.6 Å². The molecular formula is C24H21ClFN3O2S. The molecule has 0 aliphatic heterocycles. The number of hydrogen-bond donors (Lipinski definition) is 1. The van der Waals surface area contributed by atoms with E-state index in [2.05, 4.69) is 10.3 Å². The van der Waals surface area contributed by atoms with Crippen LogP contribution in [0, 0.1) is 19.7 Å². The Labute approximate surface area is 193 Å². The third-order valence-corrected chi connectivity index (χ3v) is 6.68. The molecule has 2 heterocycles. The first-order valence-corrected chi connectivity index (χ1v) is 11.3. The van der Waals surface area contributed by atoms with Crippen LogP contribution in [0.5, 0.6) is 0 Å². The molecule has 4 aromatic rings. The molecule has 4 rings (SSSR count). The minimum absolute atomic E-state index is 0.302. The van der Waals surface area contributed by atoms with Crippen molar-refractivity contribution in [2.75, 3.05) is 5.32 Å². The first-order valence-electron chi connectivity index (χ1n) is 10.1. The zero-order valence-corrected chi connectivity index (χ0v) is 19.4. The molecule has 0 saturated heterocycles. The van der Waals surface area contributed by atoms with Crippen LogP contribution in [0.1, 0.15) is 29.8 Å². The second-order valence-electron chi connectivity index (χ2n) is 7.55. The Morgan fingerprint density at radius 1 is 1.22 bits per heavy atom. The molecule has 0 aliphatic carbocycles. The summed E-state index contributed by atoms with van der Waals surface area (Å²) < 4.78 is 14.8. The minimum Gasteiger partial charge on any atom is -0.324 e. The molecule has 0 spiro atoms. The minimum atomic E-state index is -0.751. The first kappa shape index (κ1) is 22.2. The summed E-state index contributed by atoms with van der Waals surface area (Å²) in [4.78, 5) is 32.6. The lowest BCUT2D eigenvalue weighted by Crippen LogP contribution is -2.33. The van der Waals surface area contributed by atoms with Gasteiger partial charge in [-0.05, 0) is 55.7 Å². The van der Waals surface area contributed by atoms with Gasteiger partial charge in [-0.1, -0.05) is 36.7 Å². The lowest BCUT2D eigenvalue weighted by Gasteiger charge is -2.18. The quantitative estimate of drug-likeness (QED) is 0.382. The molecule has 8 heteroatoms. The molecule has 0 saturated carbocycles. The predicted octanol–water partition coefficient (Wildman–Crippen LogP) is 6.12. The Hall–Kier alpha value is -3.03. The van der Waals surface area contributed by atoms with Gasteiger partial charge in [-0.2, -0.15) is 0 Å². The van der Waals surface area contributed by atoms with Crippen molar-refractivity contribution in [1.82, 2.24) is 9.55 Å². The van der Waals surface area contributed by atoms with Crippen LogP contribution in [-0.2, 0) is 4.79 Å². The largest absolute Gasteiger partial charge is 0.324 e. The standard InChI is InChI=1S/C24H21ClFN3O2S/c1-4-19(22(30)28-18-11-16(25)8-5-13(18)2)29-12-27-23-21(24(29)31)20(14(3)32-23)15-6-9-17(26)10-7-15/h5-12,19H,4H2,1-3H3,(H,28,30). The fourth-order valence-corrected chi connectivity index (χ4v) is 4.93.